The number of benzene rings is 1. The van der Waals surface area contributed by atoms with Gasteiger partial charge in [-0.05, 0) is 28.0 Å². The summed E-state index contributed by atoms with van der Waals surface area (Å²) in [7, 11) is 0. The Balaban J connectivity index is 1.79. The summed E-state index contributed by atoms with van der Waals surface area (Å²) >= 11 is 2.52. The summed E-state index contributed by atoms with van der Waals surface area (Å²) in [6, 6.07) is 11.6. The highest BCUT2D eigenvalue weighted by Gasteiger charge is 2.22. The van der Waals surface area contributed by atoms with E-state index in [1.165, 1.54) is 17.5 Å². The van der Waals surface area contributed by atoms with Gasteiger partial charge in [-0.25, -0.2) is 0 Å². The van der Waals surface area contributed by atoms with Gasteiger partial charge in [-0.15, -0.1) is 0 Å². The molecular weight excluding hydrogens is 330 g/mol. The van der Waals surface area contributed by atoms with E-state index in [2.05, 4.69) is 8.75 Å². The molecule has 1 amide bonds. The lowest BCUT2D eigenvalue weighted by atomic mass is 10.1. The van der Waals surface area contributed by atoms with Gasteiger partial charge in [0.1, 0.15) is 0 Å². The maximum absolute atomic E-state index is 12.6. The van der Waals surface area contributed by atoms with Gasteiger partial charge in [0.2, 0.25) is 0 Å². The van der Waals surface area contributed by atoms with E-state index < -0.39 is 6.10 Å². The number of thiophene rings is 1. The van der Waals surface area contributed by atoms with Crippen LogP contribution in [0.2, 0.25) is 0 Å². The normalized spacial score (nSPS) is 12.0. The number of aliphatic hydroxyl groups excluding tert-OH is 1. The van der Waals surface area contributed by atoms with E-state index in [-0.39, 0.29) is 12.5 Å². The number of hydrogen-bond donors (Lipinski definition) is 1. The first kappa shape index (κ1) is 15.8. The fourth-order valence-electron chi connectivity index (χ4n) is 2.22. The van der Waals surface area contributed by atoms with Gasteiger partial charge in [0.05, 0.1) is 30.6 Å². The summed E-state index contributed by atoms with van der Waals surface area (Å²) in [5, 5.41) is 14.2. The molecule has 2 aromatic heterocycles. The minimum Gasteiger partial charge on any atom is -0.387 e. The molecule has 0 bridgehead atoms. The number of carbonyl (C=O) groups is 1. The molecule has 1 atom stereocenters. The monoisotopic (exact) mass is 345 g/mol. The first-order chi connectivity index (χ1) is 11.2. The molecule has 1 N–H and O–H groups in total. The topological polar surface area (TPSA) is 66.3 Å². The Morgan fingerprint density at radius 3 is 2.74 bits per heavy atom. The third-order valence-electron chi connectivity index (χ3n) is 3.41. The average molecular weight is 345 g/mol. The van der Waals surface area contributed by atoms with E-state index in [0.717, 1.165) is 22.9 Å². The molecule has 3 rings (SSSR count). The summed E-state index contributed by atoms with van der Waals surface area (Å²) in [5.74, 6) is -0.225. The molecule has 118 valence electrons. The molecule has 0 saturated heterocycles. The minimum absolute atomic E-state index is 0.210. The van der Waals surface area contributed by atoms with Crippen molar-refractivity contribution in [3.8, 4) is 0 Å². The maximum atomic E-state index is 12.6. The largest absolute Gasteiger partial charge is 0.387 e. The van der Waals surface area contributed by atoms with Crippen molar-refractivity contribution in [2.24, 2.45) is 0 Å². The van der Waals surface area contributed by atoms with Gasteiger partial charge in [0, 0.05) is 6.54 Å². The van der Waals surface area contributed by atoms with Crippen LogP contribution < -0.4 is 0 Å². The van der Waals surface area contributed by atoms with Crippen molar-refractivity contribution >= 4 is 29.0 Å². The highest BCUT2D eigenvalue weighted by molar-refractivity contribution is 7.08. The zero-order valence-corrected chi connectivity index (χ0v) is 13.8. The second kappa shape index (κ2) is 7.45. The molecule has 3 aromatic rings. The second-order valence-corrected chi connectivity index (χ2v) is 6.37. The molecule has 7 heteroatoms. The Hall–Kier alpha value is -2.09. The van der Waals surface area contributed by atoms with Crippen LogP contribution in [-0.2, 0) is 6.54 Å². The predicted molar refractivity (Wildman–Crippen MR) is 90.4 cm³/mol. The number of rotatable bonds is 6. The number of carbonyl (C=O) groups excluding carboxylic acids is 1. The Morgan fingerprint density at radius 2 is 2.09 bits per heavy atom. The first-order valence-corrected chi connectivity index (χ1v) is 8.72. The molecule has 2 heterocycles. The molecule has 0 aliphatic carbocycles. The van der Waals surface area contributed by atoms with Crippen LogP contribution in [0.1, 0.15) is 27.7 Å². The van der Waals surface area contributed by atoms with Crippen molar-refractivity contribution in [1.29, 1.82) is 0 Å². The summed E-state index contributed by atoms with van der Waals surface area (Å²) in [5.41, 5.74) is 2.13. The van der Waals surface area contributed by atoms with E-state index in [0.29, 0.717) is 12.2 Å². The Bertz CT molecular complexity index is 730. The smallest absolute Gasteiger partial charge is 0.275 e. The average Bonchev–Trinajstić information content (AvgIpc) is 3.27. The first-order valence-electron chi connectivity index (χ1n) is 7.05. The third-order valence-corrected chi connectivity index (χ3v) is 4.58. The molecule has 5 nitrogen and oxygen atoms in total. The molecule has 0 spiro atoms. The third kappa shape index (κ3) is 4.01. The van der Waals surface area contributed by atoms with E-state index in [1.54, 1.807) is 4.90 Å². The fraction of sp³-hybridized carbons (Fsp3) is 0.188. The van der Waals surface area contributed by atoms with Gasteiger partial charge in [0.15, 0.2) is 5.69 Å². The van der Waals surface area contributed by atoms with Crippen molar-refractivity contribution in [3.63, 3.8) is 0 Å². The SMILES string of the molecule is O=C(c1cnsn1)N(Cc1ccccc1)C[C@H](O)c1ccsc1. The van der Waals surface area contributed by atoms with Crippen LogP contribution in [0.3, 0.4) is 0 Å². The van der Waals surface area contributed by atoms with E-state index in [1.807, 2.05) is 47.2 Å². The van der Waals surface area contributed by atoms with Crippen molar-refractivity contribution in [2.75, 3.05) is 6.54 Å². The van der Waals surface area contributed by atoms with Crippen molar-refractivity contribution in [2.45, 2.75) is 12.6 Å². The molecule has 0 unspecified atom stereocenters. The van der Waals surface area contributed by atoms with E-state index in [9.17, 15) is 9.90 Å². The summed E-state index contributed by atoms with van der Waals surface area (Å²) < 4.78 is 7.89. The van der Waals surface area contributed by atoms with Crippen LogP contribution in [0.25, 0.3) is 0 Å². The molecule has 0 aliphatic rings. The Labute approximate surface area is 142 Å². The van der Waals surface area contributed by atoms with Gasteiger partial charge in [-0.1, -0.05) is 30.3 Å². The van der Waals surface area contributed by atoms with Crippen LogP contribution in [0, 0.1) is 0 Å². The van der Waals surface area contributed by atoms with Crippen LogP contribution >= 0.6 is 23.1 Å². The molecule has 0 radical (unpaired) electrons. The molecule has 0 aliphatic heterocycles. The molecule has 0 saturated carbocycles. The number of aromatic nitrogens is 2. The van der Waals surface area contributed by atoms with E-state index >= 15 is 0 Å². The fourth-order valence-corrected chi connectivity index (χ4v) is 3.34. The van der Waals surface area contributed by atoms with Gasteiger partial charge in [0.25, 0.3) is 5.91 Å². The number of nitrogens with zero attached hydrogens (tertiary/aromatic N) is 3. The lowest BCUT2D eigenvalue weighted by molar-refractivity contribution is 0.0600. The second-order valence-electron chi connectivity index (χ2n) is 5.04. The number of hydrogen-bond acceptors (Lipinski definition) is 6. The lowest BCUT2D eigenvalue weighted by Gasteiger charge is -2.24. The van der Waals surface area contributed by atoms with Crippen LogP contribution in [-0.4, -0.2) is 31.2 Å². The van der Waals surface area contributed by atoms with Crippen molar-refractivity contribution < 1.29 is 9.90 Å². The Kier molecular flexibility index (Phi) is 5.12. The van der Waals surface area contributed by atoms with Crippen molar-refractivity contribution in [1.82, 2.24) is 13.6 Å². The summed E-state index contributed by atoms with van der Waals surface area (Å²) in [6.07, 6.45) is 0.739. The van der Waals surface area contributed by atoms with Crippen LogP contribution in [0.4, 0.5) is 0 Å². The number of amides is 1. The zero-order chi connectivity index (χ0) is 16.1. The van der Waals surface area contributed by atoms with Gasteiger partial charge < -0.3 is 10.0 Å². The Morgan fingerprint density at radius 1 is 1.26 bits per heavy atom. The summed E-state index contributed by atoms with van der Waals surface area (Å²) in [6.45, 7) is 0.625. The standard InChI is InChI=1S/C16H15N3O2S2/c20-15(13-6-7-22-11-13)10-19(9-12-4-2-1-3-5-12)16(21)14-8-17-23-18-14/h1-8,11,15,20H,9-10H2/t15-/m0/s1. The van der Waals surface area contributed by atoms with Crippen molar-refractivity contribution in [3.05, 3.63) is 70.2 Å². The highest BCUT2D eigenvalue weighted by Crippen LogP contribution is 2.19. The minimum atomic E-state index is -0.722. The highest BCUT2D eigenvalue weighted by atomic mass is 32.1. The van der Waals surface area contributed by atoms with Crippen LogP contribution in [0.15, 0.2) is 53.4 Å². The maximum Gasteiger partial charge on any atom is 0.275 e. The van der Waals surface area contributed by atoms with Gasteiger partial charge in [-0.3, -0.25) is 4.79 Å². The van der Waals surface area contributed by atoms with Crippen LogP contribution in [0.5, 0.6) is 0 Å². The van der Waals surface area contributed by atoms with Gasteiger partial charge >= 0.3 is 0 Å². The molecule has 23 heavy (non-hydrogen) atoms. The number of aliphatic hydroxyl groups is 1. The lowest BCUT2D eigenvalue weighted by Crippen LogP contribution is -2.34. The zero-order valence-electron chi connectivity index (χ0n) is 12.2. The molecule has 1 aromatic carbocycles. The molecular formula is C16H15N3O2S2. The van der Waals surface area contributed by atoms with Gasteiger partial charge in [-0.2, -0.15) is 20.1 Å². The molecule has 0 fully saturated rings. The quantitative estimate of drug-likeness (QED) is 0.746. The predicted octanol–water partition coefficient (Wildman–Crippen LogP) is 2.98. The van der Waals surface area contributed by atoms with E-state index in [4.69, 9.17) is 0 Å². The summed E-state index contributed by atoms with van der Waals surface area (Å²) in [4.78, 5) is 14.2.